The maximum atomic E-state index is 11.6. The average molecular weight is 268 g/mol. The van der Waals surface area contributed by atoms with Crippen molar-refractivity contribution >= 4 is 15.8 Å². The highest BCUT2D eigenvalue weighted by molar-refractivity contribution is 7.90. The van der Waals surface area contributed by atoms with Crippen LogP contribution in [0.2, 0.25) is 0 Å². The van der Waals surface area contributed by atoms with Crippen LogP contribution in [0, 0.1) is 0 Å². The van der Waals surface area contributed by atoms with Crippen molar-refractivity contribution in [2.45, 2.75) is 24.7 Å². The Balaban J connectivity index is 2.39. The lowest BCUT2D eigenvalue weighted by Gasteiger charge is -2.25. The Morgan fingerprint density at radius 1 is 1.39 bits per heavy atom. The number of hydrogen-bond donors (Lipinski definition) is 1. The van der Waals surface area contributed by atoms with Crippen LogP contribution >= 0.6 is 0 Å². The Labute approximate surface area is 107 Å². The third kappa shape index (κ3) is 2.27. The monoisotopic (exact) mass is 268 g/mol. The summed E-state index contributed by atoms with van der Waals surface area (Å²) >= 11 is 0. The number of carboxylic acids is 1. The summed E-state index contributed by atoms with van der Waals surface area (Å²) in [5.74, 6) is -1.01. The second-order valence-electron chi connectivity index (χ2n) is 4.92. The third-order valence-corrected chi connectivity index (χ3v) is 4.61. The minimum atomic E-state index is -3.15. The zero-order chi connectivity index (χ0) is 13.4. The van der Waals surface area contributed by atoms with Gasteiger partial charge in [0.25, 0.3) is 0 Å². The molecule has 1 aliphatic carbocycles. The summed E-state index contributed by atoms with van der Waals surface area (Å²) in [5.41, 5.74) is 0.772. The molecule has 0 aliphatic heterocycles. The highest BCUT2D eigenvalue weighted by Crippen LogP contribution is 2.42. The third-order valence-electron chi connectivity index (χ3n) is 3.66. The zero-order valence-electron chi connectivity index (χ0n) is 10.2. The van der Waals surface area contributed by atoms with Gasteiger partial charge in [-0.3, -0.25) is 4.79 Å². The van der Waals surface area contributed by atoms with Crippen LogP contribution in [0.3, 0.4) is 0 Å². The maximum absolute atomic E-state index is 11.6. The molecular formula is C13H16O4S. The molecule has 5 heteroatoms. The predicted molar refractivity (Wildman–Crippen MR) is 68.4 cm³/mol. The summed E-state index contributed by atoms with van der Waals surface area (Å²) in [6.45, 7) is 0. The van der Waals surface area contributed by atoms with Gasteiger partial charge in [0.05, 0.1) is 11.2 Å². The number of benzene rings is 1. The van der Waals surface area contributed by atoms with Gasteiger partial charge in [-0.25, -0.2) is 8.42 Å². The molecule has 0 aromatic heterocycles. The van der Waals surface area contributed by atoms with Crippen molar-refractivity contribution < 1.29 is 18.3 Å². The second-order valence-corrected chi connectivity index (χ2v) is 7.18. The number of fused-ring (bicyclic) bond motifs is 1. The smallest absolute Gasteiger partial charge is 0.314 e. The molecule has 1 aromatic carbocycles. The molecule has 0 saturated carbocycles. The highest BCUT2D eigenvalue weighted by atomic mass is 32.2. The maximum Gasteiger partial charge on any atom is 0.314 e. The molecule has 98 valence electrons. The van der Waals surface area contributed by atoms with Crippen molar-refractivity contribution in [2.24, 2.45) is 0 Å². The molecule has 0 amide bonds. The first-order valence-corrected chi connectivity index (χ1v) is 7.91. The minimum absolute atomic E-state index is 0.0896. The van der Waals surface area contributed by atoms with E-state index in [1.165, 1.54) is 0 Å². The molecule has 1 atom stereocenters. The van der Waals surface area contributed by atoms with E-state index in [2.05, 4.69) is 0 Å². The van der Waals surface area contributed by atoms with Crippen molar-refractivity contribution in [2.75, 3.05) is 12.0 Å². The Hall–Kier alpha value is -1.36. The van der Waals surface area contributed by atoms with Crippen LogP contribution in [0.15, 0.2) is 24.3 Å². The molecule has 1 unspecified atom stereocenters. The molecule has 1 aromatic rings. The standard InChI is InChI=1S/C13H16O4S/c1-18(16,17)9-8-13(12(14)15)7-6-10-4-2-3-5-11(10)13/h2-5H,6-9H2,1H3,(H,14,15). The summed E-state index contributed by atoms with van der Waals surface area (Å²) in [5, 5.41) is 9.51. The Morgan fingerprint density at radius 2 is 2.06 bits per heavy atom. The minimum Gasteiger partial charge on any atom is -0.481 e. The lowest BCUT2D eigenvalue weighted by molar-refractivity contribution is -0.144. The normalized spacial score (nSPS) is 22.7. The van der Waals surface area contributed by atoms with Crippen molar-refractivity contribution in [1.29, 1.82) is 0 Å². The summed E-state index contributed by atoms with van der Waals surface area (Å²) in [6.07, 6.45) is 2.48. The van der Waals surface area contributed by atoms with Crippen molar-refractivity contribution in [3.63, 3.8) is 0 Å². The predicted octanol–water partition coefficient (Wildman–Crippen LogP) is 1.39. The second kappa shape index (κ2) is 4.39. The van der Waals surface area contributed by atoms with Gasteiger partial charge >= 0.3 is 5.97 Å². The first kappa shape index (κ1) is 13.1. The molecule has 0 saturated heterocycles. The van der Waals surface area contributed by atoms with Crippen LogP contribution in [0.1, 0.15) is 24.0 Å². The quantitative estimate of drug-likeness (QED) is 0.895. The number of hydrogen-bond acceptors (Lipinski definition) is 3. The van der Waals surface area contributed by atoms with E-state index in [0.29, 0.717) is 12.8 Å². The number of sulfone groups is 1. The number of rotatable bonds is 4. The van der Waals surface area contributed by atoms with Gasteiger partial charge in [-0.05, 0) is 30.4 Å². The van der Waals surface area contributed by atoms with E-state index < -0.39 is 21.2 Å². The van der Waals surface area contributed by atoms with Crippen LogP contribution in [0.5, 0.6) is 0 Å². The van der Waals surface area contributed by atoms with E-state index in [1.54, 1.807) is 6.07 Å². The molecule has 0 radical (unpaired) electrons. The van der Waals surface area contributed by atoms with E-state index in [-0.39, 0.29) is 12.2 Å². The Morgan fingerprint density at radius 3 is 2.67 bits per heavy atom. The van der Waals surface area contributed by atoms with Crippen molar-refractivity contribution in [3.8, 4) is 0 Å². The number of aryl methyl sites for hydroxylation is 1. The summed E-state index contributed by atoms with van der Waals surface area (Å²) < 4.78 is 22.5. The molecule has 4 nitrogen and oxygen atoms in total. The van der Waals surface area contributed by atoms with Crippen molar-refractivity contribution in [3.05, 3.63) is 35.4 Å². The summed E-state index contributed by atoms with van der Waals surface area (Å²) in [7, 11) is -3.15. The van der Waals surface area contributed by atoms with E-state index >= 15 is 0 Å². The fraction of sp³-hybridized carbons (Fsp3) is 0.462. The largest absolute Gasteiger partial charge is 0.481 e. The van der Waals surface area contributed by atoms with Gasteiger partial charge in [-0.1, -0.05) is 24.3 Å². The van der Waals surface area contributed by atoms with E-state index in [9.17, 15) is 18.3 Å². The molecule has 0 spiro atoms. The lowest BCUT2D eigenvalue weighted by atomic mass is 9.79. The molecule has 0 bridgehead atoms. The van der Waals surface area contributed by atoms with E-state index in [0.717, 1.165) is 17.4 Å². The molecule has 18 heavy (non-hydrogen) atoms. The summed E-state index contributed by atoms with van der Waals surface area (Å²) in [4.78, 5) is 11.6. The van der Waals surface area contributed by atoms with Crippen LogP contribution < -0.4 is 0 Å². The van der Waals surface area contributed by atoms with Crippen LogP contribution in [0.4, 0.5) is 0 Å². The van der Waals surface area contributed by atoms with Crippen LogP contribution in [0.25, 0.3) is 0 Å². The number of carbonyl (C=O) groups is 1. The van der Waals surface area contributed by atoms with E-state index in [1.807, 2.05) is 18.2 Å². The van der Waals surface area contributed by atoms with Gasteiger partial charge in [-0.15, -0.1) is 0 Å². The fourth-order valence-electron chi connectivity index (χ4n) is 2.64. The lowest BCUT2D eigenvalue weighted by Crippen LogP contribution is -2.35. The Kier molecular flexibility index (Phi) is 3.19. The van der Waals surface area contributed by atoms with Gasteiger partial charge in [0, 0.05) is 6.26 Å². The molecule has 0 fully saturated rings. The van der Waals surface area contributed by atoms with Gasteiger partial charge in [0.2, 0.25) is 0 Å². The van der Waals surface area contributed by atoms with Gasteiger partial charge in [0.15, 0.2) is 0 Å². The topological polar surface area (TPSA) is 71.4 Å². The van der Waals surface area contributed by atoms with Crippen molar-refractivity contribution in [1.82, 2.24) is 0 Å². The SMILES string of the molecule is CS(=O)(=O)CCC1(C(=O)O)CCc2ccccc21. The highest BCUT2D eigenvalue weighted by Gasteiger charge is 2.45. The average Bonchev–Trinajstić information content (AvgIpc) is 2.66. The molecule has 1 aliphatic rings. The first-order valence-electron chi connectivity index (χ1n) is 5.85. The zero-order valence-corrected chi connectivity index (χ0v) is 11.0. The Bertz CT molecular complexity index is 576. The van der Waals surface area contributed by atoms with Gasteiger partial charge in [0.1, 0.15) is 9.84 Å². The van der Waals surface area contributed by atoms with Crippen LogP contribution in [-0.2, 0) is 26.5 Å². The molecular weight excluding hydrogens is 252 g/mol. The molecule has 2 rings (SSSR count). The van der Waals surface area contributed by atoms with Gasteiger partial charge < -0.3 is 5.11 Å². The molecule has 0 heterocycles. The van der Waals surface area contributed by atoms with E-state index in [4.69, 9.17) is 0 Å². The first-order chi connectivity index (χ1) is 8.35. The summed E-state index contributed by atoms with van der Waals surface area (Å²) in [6, 6.07) is 7.41. The number of aliphatic carboxylic acids is 1. The van der Waals surface area contributed by atoms with Gasteiger partial charge in [-0.2, -0.15) is 0 Å². The fourth-order valence-corrected chi connectivity index (χ4v) is 3.36. The molecule has 1 N–H and O–H groups in total. The van der Waals surface area contributed by atoms with Crippen LogP contribution in [-0.4, -0.2) is 31.5 Å². The number of carboxylic acid groups (broad SMARTS) is 1.